The van der Waals surface area contributed by atoms with Gasteiger partial charge in [-0.15, -0.1) is 0 Å². The fraction of sp³-hybridized carbons (Fsp3) is 0.150. The summed E-state index contributed by atoms with van der Waals surface area (Å²) in [6.07, 6.45) is 0. The number of para-hydroxylation sites is 1. The van der Waals surface area contributed by atoms with Gasteiger partial charge in [0, 0.05) is 27.3 Å². The summed E-state index contributed by atoms with van der Waals surface area (Å²) in [5.74, 6) is 0. The summed E-state index contributed by atoms with van der Waals surface area (Å²) in [6.45, 7) is 9.51. The number of aromatic nitrogens is 1. The molecule has 0 saturated carbocycles. The molecule has 2 aliphatic rings. The minimum absolute atomic E-state index is 0.0377. The van der Waals surface area contributed by atoms with E-state index in [0.29, 0.717) is 0 Å². The Morgan fingerprint density at radius 3 is 2.02 bits per heavy atom. The van der Waals surface area contributed by atoms with Crippen LogP contribution in [0.4, 0.5) is 0 Å². The molecule has 0 radical (unpaired) electrons. The molecule has 2 aliphatic carbocycles. The summed E-state index contributed by atoms with van der Waals surface area (Å²) >= 11 is 0. The lowest BCUT2D eigenvalue weighted by Crippen LogP contribution is -2.15. The molecule has 7 aromatic rings. The molecule has 0 atom stereocenters. The zero-order valence-corrected chi connectivity index (χ0v) is 23.9. The van der Waals surface area contributed by atoms with Crippen LogP contribution < -0.4 is 0 Å². The van der Waals surface area contributed by atoms with E-state index in [9.17, 15) is 0 Å². The molecule has 0 unspecified atom stereocenters. The maximum Gasteiger partial charge on any atom is 0.0544 e. The van der Waals surface area contributed by atoms with E-state index in [-0.39, 0.29) is 10.8 Å². The molecule has 0 amide bonds. The van der Waals surface area contributed by atoms with Crippen LogP contribution in [0.3, 0.4) is 0 Å². The lowest BCUT2D eigenvalue weighted by Gasteiger charge is -2.23. The molecule has 1 nitrogen and oxygen atoms in total. The maximum atomic E-state index is 2.50. The Bertz CT molecular complexity index is 2260. The van der Waals surface area contributed by atoms with Crippen molar-refractivity contribution in [2.75, 3.05) is 0 Å². The number of hydrogen-bond acceptors (Lipinski definition) is 0. The molecular formula is C40H31N. The van der Waals surface area contributed by atoms with Crippen LogP contribution in [0.25, 0.3) is 60.5 Å². The van der Waals surface area contributed by atoms with Gasteiger partial charge in [-0.1, -0.05) is 113 Å². The normalized spacial score (nSPS) is 15.7. The molecule has 6 aromatic carbocycles. The van der Waals surface area contributed by atoms with E-state index in [0.717, 1.165) is 0 Å². The van der Waals surface area contributed by atoms with Crippen molar-refractivity contribution in [1.82, 2.24) is 4.57 Å². The molecule has 0 N–H and O–H groups in total. The highest BCUT2D eigenvalue weighted by Gasteiger charge is 2.38. The highest BCUT2D eigenvalue weighted by Crippen LogP contribution is 2.53. The van der Waals surface area contributed by atoms with Crippen molar-refractivity contribution in [3.8, 4) is 27.9 Å². The van der Waals surface area contributed by atoms with Gasteiger partial charge in [-0.2, -0.15) is 0 Å². The Hall–Kier alpha value is -4.62. The fourth-order valence-electron chi connectivity index (χ4n) is 8.08. The molecule has 0 fully saturated rings. The fourth-order valence-corrected chi connectivity index (χ4v) is 8.08. The number of rotatable bonds is 1. The van der Waals surface area contributed by atoms with Gasteiger partial charge in [0.2, 0.25) is 0 Å². The monoisotopic (exact) mass is 525 g/mol. The minimum atomic E-state index is -0.0750. The molecule has 0 bridgehead atoms. The summed E-state index contributed by atoms with van der Waals surface area (Å²) in [7, 11) is 0. The quantitative estimate of drug-likeness (QED) is 0.201. The van der Waals surface area contributed by atoms with Crippen LogP contribution in [-0.4, -0.2) is 4.57 Å². The van der Waals surface area contributed by atoms with Crippen LogP contribution in [0.5, 0.6) is 0 Å². The first kappa shape index (κ1) is 23.1. The molecule has 0 saturated heterocycles. The predicted octanol–water partition coefficient (Wildman–Crippen LogP) is 10.5. The van der Waals surface area contributed by atoms with Crippen molar-refractivity contribution in [3.05, 3.63) is 138 Å². The maximum absolute atomic E-state index is 2.50. The van der Waals surface area contributed by atoms with Crippen LogP contribution in [-0.2, 0) is 10.8 Å². The second-order valence-electron chi connectivity index (χ2n) is 13.0. The van der Waals surface area contributed by atoms with Crippen molar-refractivity contribution in [1.29, 1.82) is 0 Å². The average Bonchev–Trinajstić information content (AvgIpc) is 3.53. The molecule has 9 rings (SSSR count). The van der Waals surface area contributed by atoms with Gasteiger partial charge in [-0.3, -0.25) is 0 Å². The lowest BCUT2D eigenvalue weighted by molar-refractivity contribution is 0.660. The highest BCUT2D eigenvalue weighted by atomic mass is 15.0. The van der Waals surface area contributed by atoms with Gasteiger partial charge in [-0.05, 0) is 85.6 Å². The Morgan fingerprint density at radius 1 is 0.439 bits per heavy atom. The van der Waals surface area contributed by atoms with E-state index < -0.39 is 0 Å². The van der Waals surface area contributed by atoms with Gasteiger partial charge in [0.1, 0.15) is 0 Å². The zero-order valence-electron chi connectivity index (χ0n) is 23.9. The summed E-state index contributed by atoms with van der Waals surface area (Å²) in [6, 6.07) is 43.4. The van der Waals surface area contributed by atoms with Crippen molar-refractivity contribution in [2.45, 2.75) is 38.5 Å². The smallest absolute Gasteiger partial charge is 0.0544 e. The van der Waals surface area contributed by atoms with Crippen molar-refractivity contribution >= 4 is 32.6 Å². The summed E-state index contributed by atoms with van der Waals surface area (Å²) < 4.78 is 2.50. The van der Waals surface area contributed by atoms with Crippen LogP contribution in [0, 0.1) is 0 Å². The Kier molecular flexibility index (Phi) is 4.26. The van der Waals surface area contributed by atoms with Gasteiger partial charge in [0.25, 0.3) is 0 Å². The van der Waals surface area contributed by atoms with Gasteiger partial charge in [-0.25, -0.2) is 0 Å². The van der Waals surface area contributed by atoms with E-state index in [4.69, 9.17) is 0 Å². The number of benzene rings is 6. The first-order valence-electron chi connectivity index (χ1n) is 14.7. The summed E-state index contributed by atoms with van der Waals surface area (Å²) in [5.41, 5.74) is 14.8. The highest BCUT2D eigenvalue weighted by molar-refractivity contribution is 6.12. The van der Waals surface area contributed by atoms with Gasteiger partial charge < -0.3 is 4.57 Å². The van der Waals surface area contributed by atoms with Gasteiger partial charge in [0.15, 0.2) is 0 Å². The molecule has 0 aliphatic heterocycles. The second kappa shape index (κ2) is 7.56. The standard InChI is InChI=1S/C40H31N/c1-39(2)32-15-9-7-13-27(32)30-22-31-28-14-8-10-16-36(28)41(37(31)23-35(30)39)25-18-19-29-34(21-25)40(3,4)33-20-17-24-11-5-6-12-26(24)38(29)33/h5-23H,1-4H3. The van der Waals surface area contributed by atoms with E-state index in [1.54, 1.807) is 0 Å². The molecule has 196 valence electrons. The van der Waals surface area contributed by atoms with Crippen molar-refractivity contribution in [2.24, 2.45) is 0 Å². The Labute approximate surface area is 240 Å². The van der Waals surface area contributed by atoms with Crippen LogP contribution in [0.2, 0.25) is 0 Å². The second-order valence-corrected chi connectivity index (χ2v) is 13.0. The largest absolute Gasteiger partial charge is 0.309 e. The third kappa shape index (κ3) is 2.81. The van der Waals surface area contributed by atoms with Crippen molar-refractivity contribution < 1.29 is 0 Å². The average molecular weight is 526 g/mol. The van der Waals surface area contributed by atoms with Crippen LogP contribution >= 0.6 is 0 Å². The first-order valence-corrected chi connectivity index (χ1v) is 14.7. The lowest BCUT2D eigenvalue weighted by atomic mass is 9.82. The van der Waals surface area contributed by atoms with Crippen LogP contribution in [0.1, 0.15) is 49.9 Å². The van der Waals surface area contributed by atoms with Crippen LogP contribution in [0.15, 0.2) is 115 Å². The number of fused-ring (bicyclic) bond motifs is 11. The SMILES string of the molecule is CC1(C)c2ccccc2-c2cc3c4ccccc4n(-c4ccc5c(c4)C(C)(C)c4ccc6ccccc6c4-5)c3cc21. The number of hydrogen-bond donors (Lipinski definition) is 0. The van der Waals surface area contributed by atoms with E-state index in [1.807, 2.05) is 0 Å². The molecular weight excluding hydrogens is 494 g/mol. The third-order valence-electron chi connectivity index (χ3n) is 10.2. The minimum Gasteiger partial charge on any atom is -0.309 e. The van der Waals surface area contributed by atoms with E-state index in [1.165, 1.54) is 82.8 Å². The van der Waals surface area contributed by atoms with E-state index >= 15 is 0 Å². The molecule has 41 heavy (non-hydrogen) atoms. The molecule has 1 heteroatoms. The molecule has 1 heterocycles. The predicted molar refractivity (Wildman–Crippen MR) is 173 cm³/mol. The topological polar surface area (TPSA) is 4.93 Å². The Balaban J connectivity index is 1.34. The van der Waals surface area contributed by atoms with Gasteiger partial charge >= 0.3 is 0 Å². The summed E-state index contributed by atoms with van der Waals surface area (Å²) in [4.78, 5) is 0. The third-order valence-corrected chi connectivity index (χ3v) is 10.2. The molecule has 0 spiro atoms. The van der Waals surface area contributed by atoms with E-state index in [2.05, 4.69) is 148 Å². The number of nitrogens with zero attached hydrogens (tertiary/aromatic N) is 1. The van der Waals surface area contributed by atoms with Gasteiger partial charge in [0.05, 0.1) is 11.0 Å². The first-order chi connectivity index (χ1) is 19.9. The summed E-state index contributed by atoms with van der Waals surface area (Å²) in [5, 5.41) is 5.28. The van der Waals surface area contributed by atoms with Crippen molar-refractivity contribution in [3.63, 3.8) is 0 Å². The molecule has 1 aromatic heterocycles. The zero-order chi connectivity index (χ0) is 27.7. The Morgan fingerprint density at radius 2 is 1.15 bits per heavy atom.